The molecule has 0 aromatic carbocycles. The quantitative estimate of drug-likeness (QED) is 0.0990. The van der Waals surface area contributed by atoms with Crippen LogP contribution in [0.2, 0.25) is 0 Å². The second kappa shape index (κ2) is 23.7. The average Bonchev–Trinajstić information content (AvgIpc) is 2.73. The fourth-order valence-corrected chi connectivity index (χ4v) is 3.57. The minimum absolute atomic E-state index is 0.141. The van der Waals surface area contributed by atoms with Crippen molar-refractivity contribution in [3.05, 3.63) is 0 Å². The third-order valence-electron chi connectivity index (χ3n) is 5.55. The monoisotopic (exact) mass is 413 g/mol. The number of esters is 1. The predicted molar refractivity (Wildman–Crippen MR) is 124 cm³/mol. The molecule has 0 saturated heterocycles. The van der Waals surface area contributed by atoms with Crippen molar-refractivity contribution in [2.45, 2.75) is 130 Å². The summed E-state index contributed by atoms with van der Waals surface area (Å²) in [6, 6.07) is 0. The molecule has 0 atom stereocenters. The first-order valence-corrected chi connectivity index (χ1v) is 12.8. The van der Waals surface area contributed by atoms with Crippen LogP contribution in [0.25, 0.3) is 0 Å². The van der Waals surface area contributed by atoms with Crippen LogP contribution >= 0.6 is 0 Å². The van der Waals surface area contributed by atoms with Gasteiger partial charge in [0.2, 0.25) is 0 Å². The van der Waals surface area contributed by atoms with E-state index in [-0.39, 0.29) is 5.97 Å². The molecule has 0 aliphatic carbocycles. The molecule has 0 heterocycles. The van der Waals surface area contributed by atoms with Crippen molar-refractivity contribution >= 4 is 5.97 Å². The maximum atomic E-state index is 11.6. The van der Waals surface area contributed by atoms with Crippen LogP contribution in [0.1, 0.15) is 130 Å². The normalized spacial score (nSPS) is 11.3. The van der Waals surface area contributed by atoms with Crippen molar-refractivity contribution in [2.75, 3.05) is 26.3 Å². The smallest absolute Gasteiger partial charge is 0.308 e. The van der Waals surface area contributed by atoms with Crippen molar-refractivity contribution in [3.63, 3.8) is 0 Å². The lowest BCUT2D eigenvalue weighted by Crippen LogP contribution is -2.24. The van der Waals surface area contributed by atoms with Crippen LogP contribution in [-0.2, 0) is 14.4 Å². The molecule has 0 amide bonds. The van der Waals surface area contributed by atoms with Crippen molar-refractivity contribution in [3.8, 4) is 0 Å². The van der Waals surface area contributed by atoms with Gasteiger partial charge in [-0.1, -0.05) is 117 Å². The van der Waals surface area contributed by atoms with Crippen LogP contribution < -0.4 is 0 Å². The van der Waals surface area contributed by atoms with Crippen LogP contribution in [0.15, 0.2) is 0 Å². The molecule has 0 spiro atoms. The zero-order valence-corrected chi connectivity index (χ0v) is 20.0. The summed E-state index contributed by atoms with van der Waals surface area (Å²) in [4.78, 5) is 17.1. The third-order valence-corrected chi connectivity index (χ3v) is 5.55. The number of carbonyl (C=O) groups excluding carboxylic acids is 1. The Morgan fingerprint density at radius 1 is 0.586 bits per heavy atom. The van der Waals surface area contributed by atoms with Gasteiger partial charge in [-0.15, -0.1) is 0 Å². The Kier molecular flexibility index (Phi) is 23.2. The fourth-order valence-electron chi connectivity index (χ4n) is 3.57. The number of hydrogen-bond acceptors (Lipinski definition) is 4. The highest BCUT2D eigenvalue weighted by molar-refractivity contribution is 5.69. The molecular weight excluding hydrogens is 362 g/mol. The van der Waals surface area contributed by atoms with Gasteiger partial charge in [0.05, 0.1) is 19.6 Å². The second-order valence-electron chi connectivity index (χ2n) is 8.22. The zero-order chi connectivity index (χ0) is 21.4. The van der Waals surface area contributed by atoms with E-state index in [2.05, 4.69) is 6.92 Å². The fraction of sp³-hybridized carbons (Fsp3) is 0.960. The minimum Gasteiger partial charge on any atom is -0.466 e. The summed E-state index contributed by atoms with van der Waals surface area (Å²) in [5, 5.41) is 1.85. The molecule has 0 aromatic rings. The summed E-state index contributed by atoms with van der Waals surface area (Å²) in [7, 11) is 0. The number of hydrogen-bond donors (Lipinski definition) is 0. The van der Waals surface area contributed by atoms with Crippen LogP contribution in [0.4, 0.5) is 0 Å². The molecule has 0 aromatic heterocycles. The van der Waals surface area contributed by atoms with E-state index in [1.54, 1.807) is 0 Å². The van der Waals surface area contributed by atoms with Gasteiger partial charge in [0.1, 0.15) is 0 Å². The van der Waals surface area contributed by atoms with Crippen LogP contribution in [0, 0.1) is 0 Å². The number of nitrogens with zero attached hydrogens (tertiary/aromatic N) is 1. The lowest BCUT2D eigenvalue weighted by atomic mass is 10.0. The topological polar surface area (TPSA) is 38.8 Å². The van der Waals surface area contributed by atoms with E-state index < -0.39 is 0 Å². The molecule has 4 nitrogen and oxygen atoms in total. The van der Waals surface area contributed by atoms with Gasteiger partial charge >= 0.3 is 5.97 Å². The Hall–Kier alpha value is -0.610. The van der Waals surface area contributed by atoms with Gasteiger partial charge < -0.3 is 4.74 Å². The predicted octanol–water partition coefficient (Wildman–Crippen LogP) is 7.45. The van der Waals surface area contributed by atoms with Gasteiger partial charge in [-0.3, -0.25) is 9.63 Å². The van der Waals surface area contributed by atoms with E-state index in [1.165, 1.54) is 96.3 Å². The summed E-state index contributed by atoms with van der Waals surface area (Å²) in [5.74, 6) is -0.141. The molecule has 29 heavy (non-hydrogen) atoms. The highest BCUT2D eigenvalue weighted by Gasteiger charge is 2.05. The number of rotatable bonds is 23. The van der Waals surface area contributed by atoms with Crippen molar-refractivity contribution in [1.82, 2.24) is 5.06 Å². The SMILES string of the molecule is CCCCCCCCCCCCCCCCCCOC(=O)CCON(CC)CC. The first-order chi connectivity index (χ1) is 14.2. The minimum atomic E-state index is -0.141. The summed E-state index contributed by atoms with van der Waals surface area (Å²) >= 11 is 0. The first-order valence-electron chi connectivity index (χ1n) is 12.8. The van der Waals surface area contributed by atoms with Crippen LogP contribution in [0.5, 0.6) is 0 Å². The zero-order valence-electron chi connectivity index (χ0n) is 20.0. The van der Waals surface area contributed by atoms with Gasteiger partial charge in [0.25, 0.3) is 0 Å². The first kappa shape index (κ1) is 28.4. The van der Waals surface area contributed by atoms with E-state index >= 15 is 0 Å². The number of hydroxylamine groups is 2. The number of carbonyl (C=O) groups is 1. The Balaban J connectivity index is 3.17. The molecule has 0 aliphatic heterocycles. The van der Waals surface area contributed by atoms with E-state index in [1.807, 2.05) is 18.9 Å². The van der Waals surface area contributed by atoms with Gasteiger partial charge in [-0.2, -0.15) is 5.06 Å². The van der Waals surface area contributed by atoms with Crippen molar-refractivity contribution < 1.29 is 14.4 Å². The van der Waals surface area contributed by atoms with Crippen LogP contribution in [-0.4, -0.2) is 37.3 Å². The second-order valence-corrected chi connectivity index (χ2v) is 8.22. The third kappa shape index (κ3) is 21.9. The number of unbranched alkanes of at least 4 members (excludes halogenated alkanes) is 15. The summed E-state index contributed by atoms with van der Waals surface area (Å²) in [6.45, 7) is 9.01. The van der Waals surface area contributed by atoms with E-state index in [0.29, 0.717) is 19.6 Å². The molecule has 4 heteroatoms. The highest BCUT2D eigenvalue weighted by Crippen LogP contribution is 2.13. The summed E-state index contributed by atoms with van der Waals surface area (Å²) < 4.78 is 5.27. The largest absolute Gasteiger partial charge is 0.466 e. The molecule has 0 rings (SSSR count). The average molecular weight is 414 g/mol. The van der Waals surface area contributed by atoms with Gasteiger partial charge in [-0.25, -0.2) is 0 Å². The van der Waals surface area contributed by atoms with E-state index in [9.17, 15) is 4.79 Å². The molecule has 0 N–H and O–H groups in total. The molecule has 0 aliphatic rings. The molecular formula is C25H51NO3. The van der Waals surface area contributed by atoms with Crippen molar-refractivity contribution in [2.24, 2.45) is 0 Å². The molecule has 0 unspecified atom stereocenters. The van der Waals surface area contributed by atoms with Crippen LogP contribution in [0.3, 0.4) is 0 Å². The molecule has 0 fully saturated rings. The lowest BCUT2D eigenvalue weighted by molar-refractivity contribution is -0.166. The van der Waals surface area contributed by atoms with Gasteiger partial charge in [0.15, 0.2) is 0 Å². The molecule has 0 bridgehead atoms. The molecule has 0 radical (unpaired) electrons. The van der Waals surface area contributed by atoms with E-state index in [4.69, 9.17) is 9.57 Å². The Morgan fingerprint density at radius 3 is 1.41 bits per heavy atom. The van der Waals surface area contributed by atoms with Crippen molar-refractivity contribution in [1.29, 1.82) is 0 Å². The highest BCUT2D eigenvalue weighted by atomic mass is 16.7. The molecule has 0 saturated carbocycles. The summed E-state index contributed by atoms with van der Waals surface area (Å²) in [6.07, 6.45) is 22.0. The maximum Gasteiger partial charge on any atom is 0.308 e. The van der Waals surface area contributed by atoms with Gasteiger partial charge in [-0.05, 0) is 6.42 Å². The number of ether oxygens (including phenoxy) is 1. The molecule has 174 valence electrons. The Labute approximate surface area is 182 Å². The Morgan fingerprint density at radius 2 is 1.00 bits per heavy atom. The lowest BCUT2D eigenvalue weighted by Gasteiger charge is -2.17. The van der Waals surface area contributed by atoms with Gasteiger partial charge in [0, 0.05) is 13.1 Å². The maximum absolute atomic E-state index is 11.6. The standard InChI is InChI=1S/C25H51NO3/c1-4-7-8-9-10-11-12-13-14-15-16-17-18-19-20-21-23-28-25(27)22-24-29-26(5-2)6-3/h4-24H2,1-3H3. The summed E-state index contributed by atoms with van der Waals surface area (Å²) in [5.41, 5.74) is 0. The van der Waals surface area contributed by atoms with E-state index in [0.717, 1.165) is 19.5 Å². The Bertz CT molecular complexity index is 332.